The van der Waals surface area contributed by atoms with E-state index in [2.05, 4.69) is 44.3 Å². The summed E-state index contributed by atoms with van der Waals surface area (Å²) in [5, 5.41) is 3.49. The molecule has 14 heavy (non-hydrogen) atoms. The van der Waals surface area contributed by atoms with E-state index in [0.717, 1.165) is 6.54 Å². The topological polar surface area (TPSA) is 12.0 Å². The van der Waals surface area contributed by atoms with E-state index < -0.39 is 0 Å². The first-order chi connectivity index (χ1) is 6.74. The first kappa shape index (κ1) is 11.1. The maximum atomic E-state index is 3.49. The fourth-order valence-corrected chi connectivity index (χ4v) is 1.52. The molecule has 1 heteroatoms. The first-order valence-electron chi connectivity index (χ1n) is 5.55. The van der Waals surface area contributed by atoms with Crippen LogP contribution in [0.15, 0.2) is 18.2 Å². The van der Waals surface area contributed by atoms with Gasteiger partial charge in [0.25, 0.3) is 0 Å². The van der Waals surface area contributed by atoms with Crippen molar-refractivity contribution in [2.45, 2.75) is 40.0 Å². The molecule has 0 aliphatic rings. The molecule has 0 spiro atoms. The Hall–Kier alpha value is -0.980. The summed E-state index contributed by atoms with van der Waals surface area (Å²) in [6, 6.07) is 6.56. The summed E-state index contributed by atoms with van der Waals surface area (Å²) >= 11 is 0. The Morgan fingerprint density at radius 1 is 1.14 bits per heavy atom. The quantitative estimate of drug-likeness (QED) is 0.696. The van der Waals surface area contributed by atoms with Crippen molar-refractivity contribution in [1.82, 2.24) is 0 Å². The van der Waals surface area contributed by atoms with Crippen molar-refractivity contribution in [3.63, 3.8) is 0 Å². The van der Waals surface area contributed by atoms with E-state index in [9.17, 15) is 0 Å². The number of nitrogens with one attached hydrogen (secondary N) is 1. The predicted molar refractivity (Wildman–Crippen MR) is 63.9 cm³/mol. The van der Waals surface area contributed by atoms with Gasteiger partial charge in [0.1, 0.15) is 0 Å². The average Bonchev–Trinajstić information content (AvgIpc) is 2.18. The molecule has 0 heterocycles. The Bertz CT molecular complexity index is 279. The van der Waals surface area contributed by atoms with Crippen LogP contribution in [0, 0.1) is 13.8 Å². The number of unbranched alkanes of at least 4 members (excludes halogenated alkanes) is 2. The van der Waals surface area contributed by atoms with Crippen LogP contribution < -0.4 is 5.32 Å². The predicted octanol–water partition coefficient (Wildman–Crippen LogP) is 3.91. The highest BCUT2D eigenvalue weighted by atomic mass is 14.9. The van der Waals surface area contributed by atoms with Crippen LogP contribution >= 0.6 is 0 Å². The van der Waals surface area contributed by atoms with Crippen LogP contribution in [-0.4, -0.2) is 6.54 Å². The van der Waals surface area contributed by atoms with E-state index in [0.29, 0.717) is 0 Å². The van der Waals surface area contributed by atoms with E-state index in [-0.39, 0.29) is 0 Å². The maximum absolute atomic E-state index is 3.49. The second-order valence-corrected chi connectivity index (χ2v) is 3.95. The van der Waals surface area contributed by atoms with Gasteiger partial charge in [-0.25, -0.2) is 0 Å². The van der Waals surface area contributed by atoms with Crippen molar-refractivity contribution in [2.75, 3.05) is 11.9 Å². The highest BCUT2D eigenvalue weighted by Gasteiger charge is 1.96. The number of benzene rings is 1. The third kappa shape index (κ3) is 3.41. The van der Waals surface area contributed by atoms with Crippen molar-refractivity contribution in [3.8, 4) is 0 Å². The smallest absolute Gasteiger partial charge is 0.0372 e. The SMILES string of the molecule is CCCCCNc1cc(C)ccc1C. The molecule has 0 unspecified atom stereocenters. The molecule has 1 N–H and O–H groups in total. The minimum Gasteiger partial charge on any atom is -0.385 e. The van der Waals surface area contributed by atoms with Crippen LogP contribution in [-0.2, 0) is 0 Å². The molecule has 0 atom stereocenters. The Labute approximate surface area is 87.5 Å². The van der Waals surface area contributed by atoms with Gasteiger partial charge in [-0.2, -0.15) is 0 Å². The summed E-state index contributed by atoms with van der Waals surface area (Å²) in [6.45, 7) is 7.62. The average molecular weight is 191 g/mol. The number of aryl methyl sites for hydroxylation is 2. The minimum atomic E-state index is 1.10. The second-order valence-electron chi connectivity index (χ2n) is 3.95. The van der Waals surface area contributed by atoms with Gasteiger partial charge in [-0.1, -0.05) is 31.9 Å². The molecule has 1 aromatic rings. The number of rotatable bonds is 5. The van der Waals surface area contributed by atoms with Crippen LogP contribution in [0.3, 0.4) is 0 Å². The first-order valence-corrected chi connectivity index (χ1v) is 5.55. The Kier molecular flexibility index (Phi) is 4.51. The monoisotopic (exact) mass is 191 g/mol. The van der Waals surface area contributed by atoms with Crippen LogP contribution in [0.4, 0.5) is 5.69 Å². The van der Waals surface area contributed by atoms with Gasteiger partial charge in [-0.3, -0.25) is 0 Å². The van der Waals surface area contributed by atoms with E-state index in [1.807, 2.05) is 0 Å². The summed E-state index contributed by atoms with van der Waals surface area (Å²) in [5.74, 6) is 0. The van der Waals surface area contributed by atoms with Gasteiger partial charge >= 0.3 is 0 Å². The molecule has 1 nitrogen and oxygen atoms in total. The normalized spacial score (nSPS) is 10.2. The third-order valence-corrected chi connectivity index (χ3v) is 2.49. The zero-order valence-corrected chi connectivity index (χ0v) is 9.56. The van der Waals surface area contributed by atoms with Crippen molar-refractivity contribution < 1.29 is 0 Å². The number of hydrogen-bond donors (Lipinski definition) is 1. The minimum absolute atomic E-state index is 1.10. The number of hydrogen-bond acceptors (Lipinski definition) is 1. The van der Waals surface area contributed by atoms with Gasteiger partial charge in [0, 0.05) is 12.2 Å². The third-order valence-electron chi connectivity index (χ3n) is 2.49. The van der Waals surface area contributed by atoms with Crippen LogP contribution in [0.1, 0.15) is 37.3 Å². The number of anilines is 1. The van der Waals surface area contributed by atoms with E-state index in [1.165, 1.54) is 36.1 Å². The van der Waals surface area contributed by atoms with Crippen LogP contribution in [0.25, 0.3) is 0 Å². The van der Waals surface area contributed by atoms with E-state index >= 15 is 0 Å². The van der Waals surface area contributed by atoms with E-state index in [4.69, 9.17) is 0 Å². The lowest BCUT2D eigenvalue weighted by molar-refractivity contribution is 0.743. The lowest BCUT2D eigenvalue weighted by atomic mass is 10.1. The Morgan fingerprint density at radius 3 is 2.64 bits per heavy atom. The van der Waals surface area contributed by atoms with Gasteiger partial charge in [-0.15, -0.1) is 0 Å². The largest absolute Gasteiger partial charge is 0.385 e. The van der Waals surface area contributed by atoms with Gasteiger partial charge in [0.15, 0.2) is 0 Å². The van der Waals surface area contributed by atoms with Crippen molar-refractivity contribution in [2.24, 2.45) is 0 Å². The molecule has 1 aromatic carbocycles. The Balaban J connectivity index is 2.45. The standard InChI is InChI=1S/C13H21N/c1-4-5-6-9-14-13-10-11(2)7-8-12(13)3/h7-8,10,14H,4-6,9H2,1-3H3. The lowest BCUT2D eigenvalue weighted by Crippen LogP contribution is -2.02. The molecule has 0 fully saturated rings. The summed E-state index contributed by atoms with van der Waals surface area (Å²) in [6.07, 6.45) is 3.87. The Morgan fingerprint density at radius 2 is 1.93 bits per heavy atom. The molecule has 0 aromatic heterocycles. The molecule has 0 aliphatic heterocycles. The highest BCUT2D eigenvalue weighted by molar-refractivity contribution is 5.52. The zero-order valence-electron chi connectivity index (χ0n) is 9.56. The second kappa shape index (κ2) is 5.69. The molecule has 78 valence electrons. The molecule has 0 aliphatic carbocycles. The van der Waals surface area contributed by atoms with Gasteiger partial charge in [0.05, 0.1) is 0 Å². The maximum Gasteiger partial charge on any atom is 0.0372 e. The van der Waals surface area contributed by atoms with Gasteiger partial charge in [-0.05, 0) is 37.5 Å². The fourth-order valence-electron chi connectivity index (χ4n) is 1.52. The van der Waals surface area contributed by atoms with Crippen molar-refractivity contribution >= 4 is 5.69 Å². The molecule has 0 bridgehead atoms. The highest BCUT2D eigenvalue weighted by Crippen LogP contribution is 2.16. The van der Waals surface area contributed by atoms with Crippen molar-refractivity contribution in [1.29, 1.82) is 0 Å². The van der Waals surface area contributed by atoms with Gasteiger partial charge in [0.2, 0.25) is 0 Å². The zero-order chi connectivity index (χ0) is 10.4. The van der Waals surface area contributed by atoms with Crippen LogP contribution in [0.2, 0.25) is 0 Å². The molecule has 0 saturated carbocycles. The molecule has 0 radical (unpaired) electrons. The molecule has 0 amide bonds. The summed E-state index contributed by atoms with van der Waals surface area (Å²) < 4.78 is 0. The molecule has 1 rings (SSSR count). The summed E-state index contributed by atoms with van der Waals surface area (Å²) in [5.41, 5.74) is 3.96. The molecule has 0 saturated heterocycles. The molecular weight excluding hydrogens is 170 g/mol. The van der Waals surface area contributed by atoms with Crippen LogP contribution in [0.5, 0.6) is 0 Å². The molecular formula is C13H21N. The van der Waals surface area contributed by atoms with E-state index in [1.54, 1.807) is 0 Å². The lowest BCUT2D eigenvalue weighted by Gasteiger charge is -2.09. The fraction of sp³-hybridized carbons (Fsp3) is 0.538. The van der Waals surface area contributed by atoms with Crippen molar-refractivity contribution in [3.05, 3.63) is 29.3 Å². The summed E-state index contributed by atoms with van der Waals surface area (Å²) in [4.78, 5) is 0. The summed E-state index contributed by atoms with van der Waals surface area (Å²) in [7, 11) is 0. The van der Waals surface area contributed by atoms with Gasteiger partial charge < -0.3 is 5.32 Å².